The molecule has 228 valence electrons. The highest BCUT2D eigenvalue weighted by Crippen LogP contribution is 2.60. The lowest BCUT2D eigenvalue weighted by Gasteiger charge is -2.57. The van der Waals surface area contributed by atoms with Gasteiger partial charge in [-0.25, -0.2) is 12.8 Å². The molecule has 0 aliphatic heterocycles. The number of amides is 2. The summed E-state index contributed by atoms with van der Waals surface area (Å²) in [6.45, 7) is 3.42. The summed E-state index contributed by atoms with van der Waals surface area (Å²) in [5, 5.41) is 2.84. The highest BCUT2D eigenvalue weighted by Gasteiger charge is 2.51. The lowest BCUT2D eigenvalue weighted by molar-refractivity contribution is -0.139. The SMILES string of the molecule is CCCCNC(=O)[C@H](C)N(Cc1ccccc1F)C(=O)CN(c1ccc(C23CC4CC(CC(C4)C2)C3)cc1)S(C)(=O)=O. The van der Waals surface area contributed by atoms with E-state index in [2.05, 4.69) is 5.32 Å². The van der Waals surface area contributed by atoms with Crippen molar-refractivity contribution < 1.29 is 22.4 Å². The van der Waals surface area contributed by atoms with Gasteiger partial charge in [-0.3, -0.25) is 13.9 Å². The van der Waals surface area contributed by atoms with E-state index in [0.717, 1.165) is 41.2 Å². The first-order valence-electron chi connectivity index (χ1n) is 15.4. The van der Waals surface area contributed by atoms with Gasteiger partial charge in [0.05, 0.1) is 11.9 Å². The van der Waals surface area contributed by atoms with E-state index in [1.807, 2.05) is 31.2 Å². The van der Waals surface area contributed by atoms with Gasteiger partial charge in [0.15, 0.2) is 0 Å². The van der Waals surface area contributed by atoms with Crippen LogP contribution in [-0.4, -0.2) is 50.5 Å². The molecule has 4 saturated carbocycles. The summed E-state index contributed by atoms with van der Waals surface area (Å²) in [5.74, 6) is 0.952. The number of carbonyl (C=O) groups is 2. The van der Waals surface area contributed by atoms with Gasteiger partial charge >= 0.3 is 0 Å². The molecule has 0 unspecified atom stereocenters. The second-order valence-electron chi connectivity index (χ2n) is 12.9. The Labute approximate surface area is 249 Å². The third-order valence-electron chi connectivity index (χ3n) is 9.78. The fourth-order valence-electron chi connectivity index (χ4n) is 7.99. The van der Waals surface area contributed by atoms with E-state index in [4.69, 9.17) is 0 Å². The normalized spacial score (nSPS) is 25.2. The maximum atomic E-state index is 14.6. The van der Waals surface area contributed by atoms with Crippen LogP contribution in [0.1, 0.15) is 76.3 Å². The van der Waals surface area contributed by atoms with Crippen molar-refractivity contribution in [2.45, 2.75) is 83.2 Å². The minimum absolute atomic E-state index is 0.156. The van der Waals surface area contributed by atoms with Crippen LogP contribution < -0.4 is 9.62 Å². The van der Waals surface area contributed by atoms with Crippen molar-refractivity contribution in [3.63, 3.8) is 0 Å². The van der Waals surface area contributed by atoms with Crippen LogP contribution in [0.15, 0.2) is 48.5 Å². The van der Waals surface area contributed by atoms with Gasteiger partial charge in [0.25, 0.3) is 0 Å². The van der Waals surface area contributed by atoms with Crippen LogP contribution in [0, 0.1) is 23.6 Å². The maximum absolute atomic E-state index is 14.6. The molecule has 4 aliphatic rings. The molecule has 42 heavy (non-hydrogen) atoms. The summed E-state index contributed by atoms with van der Waals surface area (Å²) in [6.07, 6.45) is 10.4. The standard InChI is InChI=1S/C33H44FN3O4S/c1-4-5-14-35-32(39)23(2)36(21-27-8-6-7-9-30(27)34)31(38)22-37(42(3,40)41)29-12-10-28(11-13-29)33-18-24-15-25(19-33)17-26(16-24)20-33/h6-13,23-26H,4-5,14-22H2,1-3H3,(H,35,39)/t23-,24?,25?,26?,33?/m0/s1. The van der Waals surface area contributed by atoms with Gasteiger partial charge in [0, 0.05) is 18.7 Å². The lowest BCUT2D eigenvalue weighted by Crippen LogP contribution is -2.51. The molecule has 2 amide bonds. The maximum Gasteiger partial charge on any atom is 0.244 e. The minimum Gasteiger partial charge on any atom is -0.354 e. The third-order valence-corrected chi connectivity index (χ3v) is 10.9. The Morgan fingerprint density at radius 3 is 2.14 bits per heavy atom. The number of hydrogen-bond donors (Lipinski definition) is 1. The van der Waals surface area contributed by atoms with Crippen molar-refractivity contribution in [3.8, 4) is 0 Å². The molecule has 2 aromatic carbocycles. The fraction of sp³-hybridized carbons (Fsp3) is 0.576. The number of hydrogen-bond acceptors (Lipinski definition) is 4. The molecule has 4 fully saturated rings. The van der Waals surface area contributed by atoms with Crippen LogP contribution in [0.3, 0.4) is 0 Å². The van der Waals surface area contributed by atoms with Gasteiger partial charge < -0.3 is 10.2 Å². The van der Waals surface area contributed by atoms with Crippen LogP contribution in [0.2, 0.25) is 0 Å². The van der Waals surface area contributed by atoms with Crippen LogP contribution >= 0.6 is 0 Å². The van der Waals surface area contributed by atoms with Crippen LogP contribution in [0.25, 0.3) is 0 Å². The molecule has 2 aromatic rings. The minimum atomic E-state index is -3.84. The summed E-state index contributed by atoms with van der Waals surface area (Å²) in [6, 6.07) is 12.9. The first-order valence-corrected chi connectivity index (χ1v) is 17.2. The Hall–Kier alpha value is -2.94. The predicted molar refractivity (Wildman–Crippen MR) is 163 cm³/mol. The number of benzene rings is 2. The van der Waals surface area contributed by atoms with Crippen molar-refractivity contribution in [3.05, 3.63) is 65.5 Å². The Morgan fingerprint density at radius 1 is 1.00 bits per heavy atom. The lowest BCUT2D eigenvalue weighted by atomic mass is 9.48. The topological polar surface area (TPSA) is 86.8 Å². The highest BCUT2D eigenvalue weighted by atomic mass is 32.2. The second kappa shape index (κ2) is 12.3. The molecule has 0 saturated heterocycles. The first kappa shape index (κ1) is 30.5. The molecular weight excluding hydrogens is 553 g/mol. The van der Waals surface area contributed by atoms with Gasteiger partial charge in [-0.2, -0.15) is 0 Å². The summed E-state index contributed by atoms with van der Waals surface area (Å²) < 4.78 is 41.7. The van der Waals surface area contributed by atoms with Gasteiger partial charge in [-0.05, 0) is 98.8 Å². The van der Waals surface area contributed by atoms with Crippen molar-refractivity contribution >= 4 is 27.5 Å². The van der Waals surface area contributed by atoms with Crippen molar-refractivity contribution in [1.82, 2.24) is 10.2 Å². The number of sulfonamides is 1. The van der Waals surface area contributed by atoms with Crippen molar-refractivity contribution in [1.29, 1.82) is 0 Å². The zero-order valence-corrected chi connectivity index (χ0v) is 25.8. The Balaban J connectivity index is 1.37. The Morgan fingerprint density at radius 2 is 1.60 bits per heavy atom. The zero-order chi connectivity index (χ0) is 30.1. The quantitative estimate of drug-likeness (QED) is 0.332. The van der Waals surface area contributed by atoms with E-state index in [-0.39, 0.29) is 23.4 Å². The monoisotopic (exact) mass is 597 g/mol. The molecule has 4 aliphatic carbocycles. The number of halogens is 1. The molecule has 4 bridgehead atoms. The molecule has 0 spiro atoms. The zero-order valence-electron chi connectivity index (χ0n) is 25.0. The van der Waals surface area contributed by atoms with Gasteiger partial charge in [0.2, 0.25) is 21.8 Å². The smallest absolute Gasteiger partial charge is 0.244 e. The van der Waals surface area contributed by atoms with E-state index in [1.54, 1.807) is 25.1 Å². The van der Waals surface area contributed by atoms with Crippen molar-refractivity contribution in [2.75, 3.05) is 23.7 Å². The largest absolute Gasteiger partial charge is 0.354 e. The third kappa shape index (κ3) is 6.51. The molecule has 9 heteroatoms. The molecule has 0 heterocycles. The molecule has 6 rings (SSSR count). The van der Waals surface area contributed by atoms with E-state index >= 15 is 0 Å². The Bertz CT molecular complexity index is 1360. The number of unbranched alkanes of at least 4 members (excludes halogenated alkanes) is 1. The van der Waals surface area contributed by atoms with Crippen LogP contribution in [0.4, 0.5) is 10.1 Å². The Kier molecular flexibility index (Phi) is 8.97. The summed E-state index contributed by atoms with van der Waals surface area (Å²) >= 11 is 0. The molecule has 1 atom stereocenters. The van der Waals surface area contributed by atoms with E-state index < -0.39 is 34.3 Å². The number of anilines is 1. The molecule has 0 aromatic heterocycles. The number of nitrogens with one attached hydrogen (secondary N) is 1. The average molecular weight is 598 g/mol. The first-order chi connectivity index (χ1) is 20.0. The molecule has 1 N–H and O–H groups in total. The van der Waals surface area contributed by atoms with Gasteiger partial charge in [-0.15, -0.1) is 0 Å². The predicted octanol–water partition coefficient (Wildman–Crippen LogP) is 5.39. The number of carbonyl (C=O) groups excluding carboxylic acids is 2. The van der Waals surface area contributed by atoms with Gasteiger partial charge in [-0.1, -0.05) is 43.7 Å². The average Bonchev–Trinajstić information content (AvgIpc) is 2.94. The van der Waals surface area contributed by atoms with Crippen LogP contribution in [-0.2, 0) is 31.6 Å². The number of nitrogens with zero attached hydrogens (tertiary/aromatic N) is 2. The summed E-state index contributed by atoms with van der Waals surface area (Å²) in [7, 11) is -3.84. The van der Waals surface area contributed by atoms with Gasteiger partial charge in [0.1, 0.15) is 18.4 Å². The molecular formula is C33H44FN3O4S. The summed E-state index contributed by atoms with van der Waals surface area (Å²) in [4.78, 5) is 28.0. The highest BCUT2D eigenvalue weighted by molar-refractivity contribution is 7.92. The van der Waals surface area contributed by atoms with E-state index in [0.29, 0.717) is 12.2 Å². The van der Waals surface area contributed by atoms with E-state index in [1.165, 1.54) is 55.1 Å². The van der Waals surface area contributed by atoms with E-state index in [9.17, 15) is 22.4 Å². The number of rotatable bonds is 12. The second-order valence-corrected chi connectivity index (χ2v) is 14.9. The molecule has 0 radical (unpaired) electrons. The van der Waals surface area contributed by atoms with Crippen LogP contribution in [0.5, 0.6) is 0 Å². The summed E-state index contributed by atoms with van der Waals surface area (Å²) in [5.41, 5.74) is 2.11. The molecule has 7 nitrogen and oxygen atoms in total. The fourth-order valence-corrected chi connectivity index (χ4v) is 8.84. The van der Waals surface area contributed by atoms with Crippen molar-refractivity contribution in [2.24, 2.45) is 17.8 Å².